The first-order valence-electron chi connectivity index (χ1n) is 7.21. The van der Waals surface area contributed by atoms with Crippen LogP contribution in [0.5, 0.6) is 6.01 Å². The van der Waals surface area contributed by atoms with Crippen molar-refractivity contribution in [3.63, 3.8) is 0 Å². The minimum Gasteiger partial charge on any atom is -0.480 e. The normalized spacial score (nSPS) is 29.0. The number of carboxylic acid groups (broad SMARTS) is 1. The molecule has 2 fully saturated rings. The van der Waals surface area contributed by atoms with Gasteiger partial charge in [0.25, 0.3) is 0 Å². The lowest BCUT2D eigenvalue weighted by Gasteiger charge is -2.38. The summed E-state index contributed by atoms with van der Waals surface area (Å²) in [5, 5.41) is 8.98. The topological polar surface area (TPSA) is 84.8 Å². The Bertz CT molecular complexity index is 484. The highest BCUT2D eigenvalue weighted by Gasteiger charge is 2.43. The monoisotopic (exact) mass is 293 g/mol. The van der Waals surface area contributed by atoms with E-state index in [1.165, 1.54) is 0 Å². The molecular formula is C14H19N3O4. The van der Waals surface area contributed by atoms with Crippen LogP contribution in [0.3, 0.4) is 0 Å². The van der Waals surface area contributed by atoms with Crippen LogP contribution in [0.15, 0.2) is 18.5 Å². The van der Waals surface area contributed by atoms with E-state index in [9.17, 15) is 4.79 Å². The molecule has 3 rings (SSSR count). The van der Waals surface area contributed by atoms with Gasteiger partial charge < -0.3 is 14.6 Å². The van der Waals surface area contributed by atoms with E-state index in [0.717, 1.165) is 12.8 Å². The van der Waals surface area contributed by atoms with Gasteiger partial charge in [0.15, 0.2) is 0 Å². The summed E-state index contributed by atoms with van der Waals surface area (Å²) in [5.74, 6) is -0.525. The van der Waals surface area contributed by atoms with Gasteiger partial charge in [-0.25, -0.2) is 9.97 Å². The Balaban J connectivity index is 1.58. The molecule has 1 aromatic heterocycles. The maximum atomic E-state index is 10.9. The maximum Gasteiger partial charge on any atom is 0.317 e. The molecule has 1 saturated carbocycles. The second kappa shape index (κ2) is 6.36. The predicted molar refractivity (Wildman–Crippen MR) is 73.0 cm³/mol. The fraction of sp³-hybridized carbons (Fsp3) is 0.643. The van der Waals surface area contributed by atoms with Crippen molar-refractivity contribution in [2.75, 3.05) is 26.3 Å². The number of carboxylic acids is 1. The molecule has 1 aliphatic carbocycles. The third kappa shape index (κ3) is 3.30. The summed E-state index contributed by atoms with van der Waals surface area (Å²) in [4.78, 5) is 21.0. The number of nitrogens with zero attached hydrogens (tertiary/aromatic N) is 3. The van der Waals surface area contributed by atoms with Gasteiger partial charge in [-0.1, -0.05) is 0 Å². The van der Waals surface area contributed by atoms with Crippen LogP contribution in [-0.2, 0) is 9.53 Å². The molecule has 0 unspecified atom stereocenters. The largest absolute Gasteiger partial charge is 0.480 e. The molecule has 2 aliphatic rings. The van der Waals surface area contributed by atoms with E-state index < -0.39 is 5.97 Å². The summed E-state index contributed by atoms with van der Waals surface area (Å²) in [7, 11) is 0. The van der Waals surface area contributed by atoms with Crippen molar-refractivity contribution in [3.8, 4) is 6.01 Å². The lowest BCUT2D eigenvalue weighted by atomic mass is 10.0. The number of ether oxygens (including phenoxy) is 2. The number of hydrogen-bond donors (Lipinski definition) is 1. The van der Waals surface area contributed by atoms with Crippen LogP contribution in [-0.4, -0.2) is 64.4 Å². The van der Waals surface area contributed by atoms with Crippen molar-refractivity contribution in [2.45, 2.75) is 25.0 Å². The lowest BCUT2D eigenvalue weighted by molar-refractivity contribution is -0.143. The molecule has 7 nitrogen and oxygen atoms in total. The minimum atomic E-state index is -0.784. The summed E-state index contributed by atoms with van der Waals surface area (Å²) in [5.41, 5.74) is 0. The fourth-order valence-corrected chi connectivity index (χ4v) is 3.23. The standard InChI is InChI=1S/C14H19N3O4/c18-12(19)8-17-6-7-20-13-10(2-3-11(13)17)9-21-14-15-4-1-5-16-14/h1,4-5,10-11,13H,2-3,6-9H2,(H,18,19)/t10-,11-,13-/m1/s1. The van der Waals surface area contributed by atoms with E-state index in [-0.39, 0.29) is 24.6 Å². The molecule has 0 spiro atoms. The number of carbonyl (C=O) groups is 1. The molecule has 7 heteroatoms. The Labute approximate surface area is 122 Å². The maximum absolute atomic E-state index is 10.9. The third-order valence-electron chi connectivity index (χ3n) is 4.14. The van der Waals surface area contributed by atoms with Gasteiger partial charge in [0, 0.05) is 30.9 Å². The molecule has 3 atom stereocenters. The van der Waals surface area contributed by atoms with Crippen LogP contribution in [0.2, 0.25) is 0 Å². The third-order valence-corrected chi connectivity index (χ3v) is 4.14. The molecule has 1 N–H and O–H groups in total. The Hall–Kier alpha value is -1.73. The van der Waals surface area contributed by atoms with E-state index in [1.807, 2.05) is 4.90 Å². The van der Waals surface area contributed by atoms with E-state index in [2.05, 4.69) is 9.97 Å². The van der Waals surface area contributed by atoms with Gasteiger partial charge in [-0.15, -0.1) is 0 Å². The summed E-state index contributed by atoms with van der Waals surface area (Å²) in [6.45, 7) is 1.85. The van der Waals surface area contributed by atoms with Gasteiger partial charge >= 0.3 is 12.0 Å². The van der Waals surface area contributed by atoms with Crippen LogP contribution in [0.25, 0.3) is 0 Å². The highest BCUT2D eigenvalue weighted by Crippen LogP contribution is 2.34. The smallest absolute Gasteiger partial charge is 0.317 e. The highest BCUT2D eigenvalue weighted by atomic mass is 16.5. The Morgan fingerprint density at radius 1 is 1.43 bits per heavy atom. The van der Waals surface area contributed by atoms with E-state index >= 15 is 0 Å². The van der Waals surface area contributed by atoms with Crippen LogP contribution in [0.4, 0.5) is 0 Å². The van der Waals surface area contributed by atoms with Crippen molar-refractivity contribution in [3.05, 3.63) is 18.5 Å². The van der Waals surface area contributed by atoms with E-state index in [1.54, 1.807) is 18.5 Å². The zero-order chi connectivity index (χ0) is 14.7. The Kier molecular flexibility index (Phi) is 4.31. The molecule has 0 radical (unpaired) electrons. The molecule has 1 saturated heterocycles. The summed E-state index contributed by atoms with van der Waals surface area (Å²) in [6.07, 6.45) is 5.25. The van der Waals surface area contributed by atoms with E-state index in [4.69, 9.17) is 14.6 Å². The van der Waals surface area contributed by atoms with Crippen LogP contribution in [0, 0.1) is 5.92 Å². The highest BCUT2D eigenvalue weighted by molar-refractivity contribution is 5.69. The molecule has 1 aliphatic heterocycles. The number of aromatic nitrogens is 2. The van der Waals surface area contributed by atoms with Crippen molar-refractivity contribution in [2.24, 2.45) is 5.92 Å². The first-order valence-corrected chi connectivity index (χ1v) is 7.21. The second-order valence-corrected chi connectivity index (χ2v) is 5.45. The van der Waals surface area contributed by atoms with Gasteiger partial charge in [-0.3, -0.25) is 9.69 Å². The van der Waals surface area contributed by atoms with Gasteiger partial charge in [0.2, 0.25) is 0 Å². The summed E-state index contributed by atoms with van der Waals surface area (Å²) in [6, 6.07) is 2.30. The average Bonchev–Trinajstić information content (AvgIpc) is 2.90. The Morgan fingerprint density at radius 2 is 2.24 bits per heavy atom. The van der Waals surface area contributed by atoms with Gasteiger partial charge in [-0.05, 0) is 18.9 Å². The molecule has 114 valence electrons. The zero-order valence-electron chi connectivity index (χ0n) is 11.7. The fourth-order valence-electron chi connectivity index (χ4n) is 3.23. The number of rotatable bonds is 5. The number of aliphatic carboxylic acids is 1. The molecular weight excluding hydrogens is 274 g/mol. The molecule has 2 heterocycles. The van der Waals surface area contributed by atoms with Gasteiger partial charge in [0.1, 0.15) is 0 Å². The van der Waals surface area contributed by atoms with Crippen LogP contribution >= 0.6 is 0 Å². The van der Waals surface area contributed by atoms with Gasteiger partial charge in [-0.2, -0.15) is 0 Å². The second-order valence-electron chi connectivity index (χ2n) is 5.45. The molecule has 21 heavy (non-hydrogen) atoms. The molecule has 0 amide bonds. The molecule has 0 aromatic carbocycles. The molecule has 1 aromatic rings. The van der Waals surface area contributed by atoms with Crippen molar-refractivity contribution >= 4 is 5.97 Å². The summed E-state index contributed by atoms with van der Waals surface area (Å²) >= 11 is 0. The average molecular weight is 293 g/mol. The molecule has 0 bridgehead atoms. The predicted octanol–water partition coefficient (Wildman–Crippen LogP) is 0.419. The SMILES string of the molecule is O=C(O)CN1CCO[C@@H]2[C@@H](COc3ncccn3)CC[C@H]21. The lowest BCUT2D eigenvalue weighted by Crippen LogP contribution is -2.52. The zero-order valence-corrected chi connectivity index (χ0v) is 11.7. The first kappa shape index (κ1) is 14.2. The minimum absolute atomic E-state index is 0.0433. The quantitative estimate of drug-likeness (QED) is 0.842. The van der Waals surface area contributed by atoms with E-state index in [0.29, 0.717) is 25.8 Å². The van der Waals surface area contributed by atoms with Crippen LogP contribution < -0.4 is 4.74 Å². The van der Waals surface area contributed by atoms with Crippen molar-refractivity contribution in [1.82, 2.24) is 14.9 Å². The number of morpholine rings is 1. The Morgan fingerprint density at radius 3 is 3.00 bits per heavy atom. The van der Waals surface area contributed by atoms with Crippen molar-refractivity contribution in [1.29, 1.82) is 0 Å². The van der Waals surface area contributed by atoms with Gasteiger partial charge in [0.05, 0.1) is 25.9 Å². The van der Waals surface area contributed by atoms with Crippen LogP contribution in [0.1, 0.15) is 12.8 Å². The summed E-state index contributed by atoms with van der Waals surface area (Å²) < 4.78 is 11.5. The number of fused-ring (bicyclic) bond motifs is 1. The van der Waals surface area contributed by atoms with Crippen molar-refractivity contribution < 1.29 is 19.4 Å². The first-order chi connectivity index (χ1) is 10.2. The number of hydrogen-bond acceptors (Lipinski definition) is 6.